The van der Waals surface area contributed by atoms with E-state index in [9.17, 15) is 0 Å². The van der Waals surface area contributed by atoms with Crippen molar-refractivity contribution in [3.63, 3.8) is 0 Å². The molecule has 0 aliphatic heterocycles. The molecular formula is C46H28N2S. The van der Waals surface area contributed by atoms with Crippen molar-refractivity contribution in [1.29, 1.82) is 0 Å². The highest BCUT2D eigenvalue weighted by molar-refractivity contribution is 7.26. The first-order valence-corrected chi connectivity index (χ1v) is 17.6. The van der Waals surface area contributed by atoms with Crippen LogP contribution in [0.5, 0.6) is 0 Å². The van der Waals surface area contributed by atoms with Crippen LogP contribution < -0.4 is 0 Å². The van der Waals surface area contributed by atoms with Gasteiger partial charge in [0.25, 0.3) is 0 Å². The van der Waals surface area contributed by atoms with E-state index in [1.165, 1.54) is 97.1 Å². The topological polar surface area (TPSA) is 9.86 Å². The summed E-state index contributed by atoms with van der Waals surface area (Å²) < 4.78 is 7.54. The van der Waals surface area contributed by atoms with Crippen molar-refractivity contribution >= 4 is 85.9 Å². The molecule has 0 aliphatic rings. The van der Waals surface area contributed by atoms with Crippen LogP contribution in [-0.2, 0) is 0 Å². The van der Waals surface area contributed by atoms with Crippen LogP contribution in [0.4, 0.5) is 0 Å². The molecule has 0 atom stereocenters. The molecule has 0 saturated heterocycles. The molecule has 0 saturated carbocycles. The van der Waals surface area contributed by atoms with Gasteiger partial charge in [0.15, 0.2) is 0 Å². The molecule has 11 rings (SSSR count). The summed E-state index contributed by atoms with van der Waals surface area (Å²) in [6.07, 6.45) is 0. The van der Waals surface area contributed by atoms with Gasteiger partial charge in [-0.2, -0.15) is 0 Å². The van der Waals surface area contributed by atoms with Crippen LogP contribution in [-0.4, -0.2) is 9.13 Å². The van der Waals surface area contributed by atoms with Gasteiger partial charge < -0.3 is 9.13 Å². The van der Waals surface area contributed by atoms with E-state index in [1.54, 1.807) is 0 Å². The molecule has 0 radical (unpaired) electrons. The summed E-state index contributed by atoms with van der Waals surface area (Å²) in [5, 5.41) is 10.2. The summed E-state index contributed by atoms with van der Waals surface area (Å²) in [5.41, 5.74) is 9.78. The predicted octanol–water partition coefficient (Wildman–Crippen LogP) is 13.1. The molecule has 11 aromatic rings. The van der Waals surface area contributed by atoms with Crippen molar-refractivity contribution in [3.8, 4) is 22.5 Å². The van der Waals surface area contributed by atoms with Gasteiger partial charge >= 0.3 is 0 Å². The summed E-state index contributed by atoms with van der Waals surface area (Å²) >= 11 is 1.89. The number of thiophene rings is 1. The third kappa shape index (κ3) is 3.82. The van der Waals surface area contributed by atoms with Gasteiger partial charge in [0, 0.05) is 48.1 Å². The minimum Gasteiger partial charge on any atom is -0.309 e. The Labute approximate surface area is 286 Å². The molecule has 8 aromatic carbocycles. The molecule has 0 bridgehead atoms. The highest BCUT2D eigenvalue weighted by atomic mass is 32.1. The monoisotopic (exact) mass is 640 g/mol. The van der Waals surface area contributed by atoms with Crippen LogP contribution in [0.3, 0.4) is 0 Å². The number of nitrogens with zero attached hydrogens (tertiary/aromatic N) is 2. The standard InChI is InChI=1S/C46H28N2S/c1-2-12-32(13-3-1)47-40-18-8-6-15-34(40)38-27-30(22-25-41(38)47)31-23-26-42-39(28-31)36-24-21-29-11-4-5-14-33(29)45(36)48(42)43-19-10-17-37-35-16-7-9-20-44(35)49-46(37)43/h1-28H. The fourth-order valence-corrected chi connectivity index (χ4v) is 9.33. The van der Waals surface area contributed by atoms with E-state index in [2.05, 4.69) is 179 Å². The van der Waals surface area contributed by atoms with Crippen LogP contribution in [0.1, 0.15) is 0 Å². The predicted molar refractivity (Wildman–Crippen MR) is 211 cm³/mol. The number of fused-ring (bicyclic) bond motifs is 11. The second-order valence-corrected chi connectivity index (χ2v) is 14.0. The lowest BCUT2D eigenvalue weighted by Gasteiger charge is -2.11. The van der Waals surface area contributed by atoms with E-state index in [1.807, 2.05) is 11.3 Å². The Balaban J connectivity index is 1.19. The molecule has 0 aliphatic carbocycles. The molecule has 0 amide bonds. The van der Waals surface area contributed by atoms with Crippen molar-refractivity contribution in [3.05, 3.63) is 170 Å². The normalized spacial score (nSPS) is 12.1. The zero-order valence-corrected chi connectivity index (χ0v) is 27.3. The largest absolute Gasteiger partial charge is 0.309 e. The van der Waals surface area contributed by atoms with Crippen LogP contribution in [0, 0.1) is 0 Å². The summed E-state index contributed by atoms with van der Waals surface area (Å²) in [7, 11) is 0. The summed E-state index contributed by atoms with van der Waals surface area (Å²) in [4.78, 5) is 0. The Hall–Kier alpha value is -6.16. The summed E-state index contributed by atoms with van der Waals surface area (Å²) in [6.45, 7) is 0. The number of hydrogen-bond donors (Lipinski definition) is 0. The van der Waals surface area contributed by atoms with E-state index in [4.69, 9.17) is 0 Å². The minimum atomic E-state index is 1.18. The van der Waals surface area contributed by atoms with E-state index in [-0.39, 0.29) is 0 Å². The van der Waals surface area contributed by atoms with Gasteiger partial charge in [-0.1, -0.05) is 115 Å². The quantitative estimate of drug-likeness (QED) is 0.182. The van der Waals surface area contributed by atoms with Crippen molar-refractivity contribution in [2.24, 2.45) is 0 Å². The third-order valence-corrected chi connectivity index (χ3v) is 11.5. The van der Waals surface area contributed by atoms with E-state index in [0.29, 0.717) is 0 Å². The van der Waals surface area contributed by atoms with Crippen molar-refractivity contribution in [2.45, 2.75) is 0 Å². The molecule has 228 valence electrons. The SMILES string of the molecule is c1ccc(-n2c3ccccc3c3cc(-c4ccc5c(c4)c4ccc6ccccc6c4n5-c4cccc5c4sc4ccccc45)ccc32)cc1. The maximum atomic E-state index is 2.52. The van der Waals surface area contributed by atoms with Crippen molar-refractivity contribution < 1.29 is 0 Å². The van der Waals surface area contributed by atoms with Crippen LogP contribution in [0.15, 0.2) is 170 Å². The first kappa shape index (κ1) is 26.9. The Bertz CT molecular complexity index is 3100. The first-order valence-electron chi connectivity index (χ1n) is 16.8. The van der Waals surface area contributed by atoms with Gasteiger partial charge in [-0.15, -0.1) is 11.3 Å². The highest BCUT2D eigenvalue weighted by Gasteiger charge is 2.19. The number of para-hydroxylation sites is 2. The number of aromatic nitrogens is 2. The lowest BCUT2D eigenvalue weighted by molar-refractivity contribution is 1.18. The zero-order chi connectivity index (χ0) is 32.1. The second kappa shape index (κ2) is 10.2. The Morgan fingerprint density at radius 1 is 0.367 bits per heavy atom. The second-order valence-electron chi connectivity index (χ2n) is 12.9. The molecule has 0 spiro atoms. The summed E-state index contributed by atoms with van der Waals surface area (Å²) in [5.74, 6) is 0. The van der Waals surface area contributed by atoms with Crippen LogP contribution >= 0.6 is 11.3 Å². The number of benzene rings is 8. The van der Waals surface area contributed by atoms with Gasteiger partial charge in [-0.3, -0.25) is 0 Å². The van der Waals surface area contributed by atoms with Crippen molar-refractivity contribution in [1.82, 2.24) is 9.13 Å². The highest BCUT2D eigenvalue weighted by Crippen LogP contribution is 2.43. The Morgan fingerprint density at radius 3 is 1.84 bits per heavy atom. The Kier molecular flexibility index (Phi) is 5.57. The Morgan fingerprint density at radius 2 is 1.00 bits per heavy atom. The fraction of sp³-hybridized carbons (Fsp3) is 0. The molecule has 0 unspecified atom stereocenters. The van der Waals surface area contributed by atoms with Gasteiger partial charge in [0.1, 0.15) is 0 Å². The van der Waals surface area contributed by atoms with E-state index < -0.39 is 0 Å². The maximum Gasteiger partial charge on any atom is 0.0641 e. The molecule has 3 aromatic heterocycles. The van der Waals surface area contributed by atoms with Gasteiger partial charge in [-0.25, -0.2) is 0 Å². The lowest BCUT2D eigenvalue weighted by Crippen LogP contribution is -1.95. The fourth-order valence-electron chi connectivity index (χ4n) is 8.13. The molecule has 3 heteroatoms. The molecule has 0 fully saturated rings. The van der Waals surface area contributed by atoms with Crippen molar-refractivity contribution in [2.75, 3.05) is 0 Å². The average Bonchev–Trinajstić information content (AvgIpc) is 3.82. The summed E-state index contributed by atoms with van der Waals surface area (Å²) in [6, 6.07) is 62.4. The zero-order valence-electron chi connectivity index (χ0n) is 26.5. The first-order chi connectivity index (χ1) is 24.3. The van der Waals surface area contributed by atoms with E-state index in [0.717, 1.165) is 0 Å². The van der Waals surface area contributed by atoms with Crippen LogP contribution in [0.25, 0.3) is 97.1 Å². The maximum absolute atomic E-state index is 2.52. The van der Waals surface area contributed by atoms with E-state index >= 15 is 0 Å². The molecule has 49 heavy (non-hydrogen) atoms. The van der Waals surface area contributed by atoms with Gasteiger partial charge in [-0.05, 0) is 71.1 Å². The van der Waals surface area contributed by atoms with Gasteiger partial charge in [0.05, 0.1) is 32.5 Å². The van der Waals surface area contributed by atoms with Gasteiger partial charge in [0.2, 0.25) is 0 Å². The minimum absolute atomic E-state index is 1.18. The average molecular weight is 641 g/mol. The molecule has 3 heterocycles. The molecular weight excluding hydrogens is 613 g/mol. The third-order valence-electron chi connectivity index (χ3n) is 10.3. The number of hydrogen-bond acceptors (Lipinski definition) is 1. The van der Waals surface area contributed by atoms with Crippen LogP contribution in [0.2, 0.25) is 0 Å². The lowest BCUT2D eigenvalue weighted by atomic mass is 10.00. The molecule has 0 N–H and O–H groups in total. The molecule has 2 nitrogen and oxygen atoms in total. The number of rotatable bonds is 3. The smallest absolute Gasteiger partial charge is 0.0641 e.